The van der Waals surface area contributed by atoms with Crippen molar-refractivity contribution in [2.45, 2.75) is 40.2 Å². The van der Waals surface area contributed by atoms with Crippen molar-refractivity contribution in [1.29, 1.82) is 0 Å². The lowest BCUT2D eigenvalue weighted by Crippen LogP contribution is -2.23. The highest BCUT2D eigenvalue weighted by molar-refractivity contribution is 5.76. The van der Waals surface area contributed by atoms with Crippen LogP contribution in [0.4, 0.5) is 0 Å². The van der Waals surface area contributed by atoms with Gasteiger partial charge in [-0.2, -0.15) is 0 Å². The van der Waals surface area contributed by atoms with E-state index in [4.69, 9.17) is 0 Å². The van der Waals surface area contributed by atoms with E-state index in [1.807, 2.05) is 0 Å². The minimum absolute atomic E-state index is 0.134. The second kappa shape index (κ2) is 6.31. The molecular formula is C14H21NO. The molecule has 0 radical (unpaired) electrons. The molecule has 0 aliphatic heterocycles. The molecule has 1 rings (SSSR count). The summed E-state index contributed by atoms with van der Waals surface area (Å²) < 4.78 is 0. The van der Waals surface area contributed by atoms with Gasteiger partial charge in [0.15, 0.2) is 0 Å². The molecule has 0 unspecified atom stereocenters. The summed E-state index contributed by atoms with van der Waals surface area (Å²) in [6.07, 6.45) is 1.66. The molecule has 1 aromatic carbocycles. The van der Waals surface area contributed by atoms with Gasteiger partial charge in [0.2, 0.25) is 5.91 Å². The Bertz CT molecular complexity index is 327. The quantitative estimate of drug-likeness (QED) is 0.810. The van der Waals surface area contributed by atoms with E-state index in [0.717, 1.165) is 12.0 Å². The van der Waals surface area contributed by atoms with Crippen molar-refractivity contribution in [3.05, 3.63) is 35.4 Å². The maximum Gasteiger partial charge on any atom is 0.220 e. The molecule has 88 valence electrons. The van der Waals surface area contributed by atoms with Gasteiger partial charge in [0.05, 0.1) is 0 Å². The van der Waals surface area contributed by atoms with Gasteiger partial charge in [-0.25, -0.2) is 0 Å². The molecule has 16 heavy (non-hydrogen) atoms. The first-order chi connectivity index (χ1) is 7.61. The zero-order chi connectivity index (χ0) is 12.0. The first-order valence-corrected chi connectivity index (χ1v) is 5.96. The van der Waals surface area contributed by atoms with E-state index >= 15 is 0 Å². The summed E-state index contributed by atoms with van der Waals surface area (Å²) >= 11 is 0. The molecule has 2 nitrogen and oxygen atoms in total. The number of carbonyl (C=O) groups is 1. The van der Waals surface area contributed by atoms with Crippen LogP contribution >= 0.6 is 0 Å². The minimum Gasteiger partial charge on any atom is -0.352 e. The summed E-state index contributed by atoms with van der Waals surface area (Å²) in [5, 5.41) is 2.93. The zero-order valence-electron chi connectivity index (χ0n) is 10.4. The highest BCUT2D eigenvalue weighted by atomic mass is 16.1. The third kappa shape index (κ3) is 4.47. The summed E-state index contributed by atoms with van der Waals surface area (Å²) in [6.45, 7) is 6.88. The van der Waals surface area contributed by atoms with Gasteiger partial charge < -0.3 is 5.32 Å². The summed E-state index contributed by atoms with van der Waals surface area (Å²) in [5.41, 5.74) is 2.49. The third-order valence-electron chi connectivity index (χ3n) is 2.51. The zero-order valence-corrected chi connectivity index (χ0v) is 10.4. The average Bonchev–Trinajstić information content (AvgIpc) is 2.26. The van der Waals surface area contributed by atoms with E-state index in [-0.39, 0.29) is 5.91 Å². The van der Waals surface area contributed by atoms with Gasteiger partial charge in [-0.05, 0) is 23.5 Å². The standard InChI is InChI=1S/C14H21NO/c1-4-12-5-7-13(8-6-12)10-15-14(16)9-11(2)3/h5-8,11H,4,9-10H2,1-3H3,(H,15,16). The number of hydrogen-bond acceptors (Lipinski definition) is 1. The summed E-state index contributed by atoms with van der Waals surface area (Å²) in [7, 11) is 0. The molecule has 0 spiro atoms. The smallest absolute Gasteiger partial charge is 0.220 e. The molecule has 0 saturated heterocycles. The van der Waals surface area contributed by atoms with Gasteiger partial charge in [0.1, 0.15) is 0 Å². The van der Waals surface area contributed by atoms with Crippen LogP contribution in [-0.4, -0.2) is 5.91 Å². The molecule has 2 heteroatoms. The third-order valence-corrected chi connectivity index (χ3v) is 2.51. The van der Waals surface area contributed by atoms with Crippen molar-refractivity contribution in [3.63, 3.8) is 0 Å². The van der Waals surface area contributed by atoms with E-state index < -0.39 is 0 Å². The second-order valence-corrected chi connectivity index (χ2v) is 4.54. The topological polar surface area (TPSA) is 29.1 Å². The van der Waals surface area contributed by atoms with Gasteiger partial charge in [-0.1, -0.05) is 45.0 Å². The number of hydrogen-bond donors (Lipinski definition) is 1. The van der Waals surface area contributed by atoms with Gasteiger partial charge in [0.25, 0.3) is 0 Å². The highest BCUT2D eigenvalue weighted by Gasteiger charge is 2.03. The van der Waals surface area contributed by atoms with Gasteiger partial charge in [-0.15, -0.1) is 0 Å². The lowest BCUT2D eigenvalue weighted by atomic mass is 10.1. The van der Waals surface area contributed by atoms with E-state index in [2.05, 4.69) is 50.4 Å². The maximum atomic E-state index is 11.4. The van der Waals surface area contributed by atoms with Crippen LogP contribution in [-0.2, 0) is 17.8 Å². The van der Waals surface area contributed by atoms with Crippen molar-refractivity contribution in [1.82, 2.24) is 5.32 Å². The molecule has 0 atom stereocenters. The normalized spacial score (nSPS) is 10.5. The molecule has 1 aromatic rings. The Labute approximate surface area is 98.1 Å². The van der Waals surface area contributed by atoms with Crippen LogP contribution in [0.15, 0.2) is 24.3 Å². The summed E-state index contributed by atoms with van der Waals surface area (Å²) in [4.78, 5) is 11.4. The van der Waals surface area contributed by atoms with E-state index in [9.17, 15) is 4.79 Å². The Morgan fingerprint density at radius 2 is 1.75 bits per heavy atom. The first kappa shape index (κ1) is 12.8. The highest BCUT2D eigenvalue weighted by Crippen LogP contribution is 2.05. The molecule has 0 aliphatic rings. The number of rotatable bonds is 5. The molecule has 1 amide bonds. The lowest BCUT2D eigenvalue weighted by Gasteiger charge is -2.07. The Hall–Kier alpha value is -1.31. The molecule has 0 fully saturated rings. The van der Waals surface area contributed by atoms with Crippen LogP contribution in [0.25, 0.3) is 0 Å². The van der Waals surface area contributed by atoms with Crippen LogP contribution in [0, 0.1) is 5.92 Å². The number of nitrogens with one attached hydrogen (secondary N) is 1. The molecule has 0 heterocycles. The SMILES string of the molecule is CCc1ccc(CNC(=O)CC(C)C)cc1. The van der Waals surface area contributed by atoms with Crippen LogP contribution in [0.2, 0.25) is 0 Å². The second-order valence-electron chi connectivity index (χ2n) is 4.54. The molecule has 0 aromatic heterocycles. The summed E-state index contributed by atoms with van der Waals surface area (Å²) in [5.74, 6) is 0.553. The van der Waals surface area contributed by atoms with Crippen molar-refractivity contribution in [3.8, 4) is 0 Å². The number of amides is 1. The van der Waals surface area contributed by atoms with Crippen LogP contribution < -0.4 is 5.32 Å². The van der Waals surface area contributed by atoms with Crippen molar-refractivity contribution in [2.75, 3.05) is 0 Å². The summed E-state index contributed by atoms with van der Waals surface area (Å²) in [6, 6.07) is 8.39. The number of benzene rings is 1. The predicted octanol–water partition coefficient (Wildman–Crippen LogP) is 2.91. The fourth-order valence-corrected chi connectivity index (χ4v) is 1.54. The Morgan fingerprint density at radius 1 is 1.19 bits per heavy atom. The van der Waals surface area contributed by atoms with E-state index in [0.29, 0.717) is 18.9 Å². The van der Waals surface area contributed by atoms with E-state index in [1.54, 1.807) is 0 Å². The Morgan fingerprint density at radius 3 is 2.25 bits per heavy atom. The molecule has 0 aliphatic carbocycles. The van der Waals surface area contributed by atoms with Crippen molar-refractivity contribution >= 4 is 5.91 Å². The van der Waals surface area contributed by atoms with E-state index in [1.165, 1.54) is 5.56 Å². The largest absolute Gasteiger partial charge is 0.352 e. The molecule has 0 bridgehead atoms. The Balaban J connectivity index is 2.39. The number of aryl methyl sites for hydroxylation is 1. The first-order valence-electron chi connectivity index (χ1n) is 5.96. The number of carbonyl (C=O) groups excluding carboxylic acids is 1. The monoisotopic (exact) mass is 219 g/mol. The van der Waals surface area contributed by atoms with Gasteiger partial charge in [-0.3, -0.25) is 4.79 Å². The van der Waals surface area contributed by atoms with Crippen LogP contribution in [0.1, 0.15) is 38.3 Å². The van der Waals surface area contributed by atoms with Crippen molar-refractivity contribution in [2.24, 2.45) is 5.92 Å². The van der Waals surface area contributed by atoms with Crippen molar-refractivity contribution < 1.29 is 4.79 Å². The Kier molecular flexibility index (Phi) is 5.03. The van der Waals surface area contributed by atoms with Gasteiger partial charge in [0, 0.05) is 13.0 Å². The van der Waals surface area contributed by atoms with Crippen LogP contribution in [0.5, 0.6) is 0 Å². The van der Waals surface area contributed by atoms with Crippen LogP contribution in [0.3, 0.4) is 0 Å². The minimum atomic E-state index is 0.134. The molecule has 1 N–H and O–H groups in total. The lowest BCUT2D eigenvalue weighted by molar-refractivity contribution is -0.121. The fraction of sp³-hybridized carbons (Fsp3) is 0.500. The molecular weight excluding hydrogens is 198 g/mol. The van der Waals surface area contributed by atoms with Gasteiger partial charge >= 0.3 is 0 Å². The average molecular weight is 219 g/mol. The fourth-order valence-electron chi connectivity index (χ4n) is 1.54. The predicted molar refractivity (Wildman–Crippen MR) is 67.1 cm³/mol. The molecule has 0 saturated carbocycles. The maximum absolute atomic E-state index is 11.4.